The Bertz CT molecular complexity index is 1100. The fourth-order valence-corrected chi connectivity index (χ4v) is 3.58. The number of ether oxygens (including phenoxy) is 2. The SMILES string of the molecule is CC(=O)OCC(C)=CCCC(C)=CCC[C@]1(C)C=Cc2c(c3ccccc3oc2=O)O1. The lowest BCUT2D eigenvalue weighted by Crippen LogP contribution is -2.33. The lowest BCUT2D eigenvalue weighted by Gasteiger charge is -2.31. The van der Waals surface area contributed by atoms with Crippen LogP contribution in [-0.2, 0) is 9.53 Å². The predicted octanol–water partition coefficient (Wildman–Crippen LogP) is 5.97. The summed E-state index contributed by atoms with van der Waals surface area (Å²) >= 11 is 0. The number of rotatable bonds is 8. The highest BCUT2D eigenvalue weighted by molar-refractivity contribution is 5.87. The maximum Gasteiger partial charge on any atom is 0.347 e. The van der Waals surface area contributed by atoms with Crippen LogP contribution in [-0.4, -0.2) is 18.2 Å². The molecule has 0 N–H and O–H groups in total. The van der Waals surface area contributed by atoms with Gasteiger partial charge in [-0.1, -0.05) is 29.9 Å². The Hall–Kier alpha value is -3.08. The smallest absolute Gasteiger partial charge is 0.347 e. The van der Waals surface area contributed by atoms with Crippen molar-refractivity contribution in [2.75, 3.05) is 6.61 Å². The molecule has 0 unspecified atom stereocenters. The van der Waals surface area contributed by atoms with Crippen molar-refractivity contribution in [1.82, 2.24) is 0 Å². The molecule has 0 saturated carbocycles. The van der Waals surface area contributed by atoms with Crippen LogP contribution in [0.5, 0.6) is 5.75 Å². The summed E-state index contributed by atoms with van der Waals surface area (Å²) in [6.07, 6.45) is 11.7. The summed E-state index contributed by atoms with van der Waals surface area (Å²) in [5.74, 6) is 0.346. The van der Waals surface area contributed by atoms with Gasteiger partial charge in [0.25, 0.3) is 0 Å². The zero-order valence-corrected chi connectivity index (χ0v) is 18.7. The Morgan fingerprint density at radius 3 is 2.61 bits per heavy atom. The van der Waals surface area contributed by atoms with Gasteiger partial charge in [0.05, 0.1) is 5.39 Å². The van der Waals surface area contributed by atoms with E-state index >= 15 is 0 Å². The Balaban J connectivity index is 1.59. The number of hydrogen-bond donors (Lipinski definition) is 0. The summed E-state index contributed by atoms with van der Waals surface area (Å²) in [4.78, 5) is 23.1. The van der Waals surface area contributed by atoms with E-state index in [1.54, 1.807) is 6.07 Å². The molecule has 0 fully saturated rings. The van der Waals surface area contributed by atoms with Crippen molar-refractivity contribution in [2.45, 2.75) is 59.0 Å². The molecule has 0 saturated heterocycles. The molecule has 0 spiro atoms. The first-order valence-corrected chi connectivity index (χ1v) is 10.7. The maximum absolute atomic E-state index is 12.3. The van der Waals surface area contributed by atoms with Gasteiger partial charge in [0.15, 0.2) is 0 Å². The van der Waals surface area contributed by atoms with Crippen LogP contribution in [0.15, 0.2) is 62.9 Å². The summed E-state index contributed by atoms with van der Waals surface area (Å²) in [5.41, 5.74) is 2.52. The van der Waals surface area contributed by atoms with Gasteiger partial charge in [0.1, 0.15) is 29.1 Å². The third-order valence-corrected chi connectivity index (χ3v) is 5.40. The topological polar surface area (TPSA) is 65.7 Å². The second-order valence-electron chi connectivity index (χ2n) is 8.34. The number of carbonyl (C=O) groups excluding carboxylic acids is 1. The predicted molar refractivity (Wildman–Crippen MR) is 123 cm³/mol. The minimum absolute atomic E-state index is 0.257. The molecule has 2 aromatic rings. The molecule has 1 aliphatic rings. The van der Waals surface area contributed by atoms with E-state index in [1.807, 2.05) is 44.2 Å². The zero-order valence-electron chi connectivity index (χ0n) is 18.7. The van der Waals surface area contributed by atoms with Crippen molar-refractivity contribution >= 4 is 23.0 Å². The first kappa shape index (κ1) is 22.6. The van der Waals surface area contributed by atoms with Gasteiger partial charge < -0.3 is 13.9 Å². The van der Waals surface area contributed by atoms with Crippen molar-refractivity contribution in [1.29, 1.82) is 0 Å². The third kappa shape index (κ3) is 5.97. The van der Waals surface area contributed by atoms with Crippen LogP contribution >= 0.6 is 0 Å². The van der Waals surface area contributed by atoms with Crippen LogP contribution in [0, 0.1) is 0 Å². The molecular formula is C26H30O5. The molecule has 164 valence electrons. The Morgan fingerprint density at radius 2 is 1.84 bits per heavy atom. The van der Waals surface area contributed by atoms with Crippen LogP contribution in [0.2, 0.25) is 0 Å². The lowest BCUT2D eigenvalue weighted by atomic mass is 9.94. The Labute approximate surface area is 183 Å². The van der Waals surface area contributed by atoms with Gasteiger partial charge in [-0.25, -0.2) is 4.79 Å². The first-order valence-electron chi connectivity index (χ1n) is 10.7. The van der Waals surface area contributed by atoms with Crippen LogP contribution < -0.4 is 10.4 Å². The fourth-order valence-electron chi connectivity index (χ4n) is 3.58. The lowest BCUT2D eigenvalue weighted by molar-refractivity contribution is -0.139. The first-order chi connectivity index (χ1) is 14.8. The molecule has 1 aromatic heterocycles. The van der Waals surface area contributed by atoms with E-state index in [1.165, 1.54) is 12.5 Å². The molecule has 1 atom stereocenters. The summed E-state index contributed by atoms with van der Waals surface area (Å²) in [7, 11) is 0. The van der Waals surface area contributed by atoms with E-state index in [2.05, 4.69) is 19.1 Å². The van der Waals surface area contributed by atoms with E-state index in [0.717, 1.165) is 36.6 Å². The Kier molecular flexibility index (Phi) is 7.16. The van der Waals surface area contributed by atoms with Gasteiger partial charge in [-0.05, 0) is 76.3 Å². The number of benzene rings is 1. The van der Waals surface area contributed by atoms with Gasteiger partial charge in [0.2, 0.25) is 0 Å². The molecule has 5 heteroatoms. The number of fused-ring (bicyclic) bond motifs is 3. The van der Waals surface area contributed by atoms with Crippen LogP contribution in [0.1, 0.15) is 58.9 Å². The number of allylic oxidation sites excluding steroid dienone is 3. The molecule has 31 heavy (non-hydrogen) atoms. The van der Waals surface area contributed by atoms with Gasteiger partial charge in [-0.15, -0.1) is 0 Å². The van der Waals surface area contributed by atoms with E-state index in [0.29, 0.717) is 23.5 Å². The highest BCUT2D eigenvalue weighted by Gasteiger charge is 2.29. The second-order valence-corrected chi connectivity index (χ2v) is 8.34. The van der Waals surface area contributed by atoms with Crippen molar-refractivity contribution in [3.8, 4) is 5.75 Å². The molecule has 1 aromatic carbocycles. The average molecular weight is 423 g/mol. The number of esters is 1. The summed E-state index contributed by atoms with van der Waals surface area (Å²) in [6.45, 7) is 7.91. The number of para-hydroxylation sites is 1. The highest BCUT2D eigenvalue weighted by Crippen LogP contribution is 2.37. The summed E-state index contributed by atoms with van der Waals surface area (Å²) in [5, 5.41) is 0.815. The highest BCUT2D eigenvalue weighted by atomic mass is 16.5. The molecule has 2 heterocycles. The van der Waals surface area contributed by atoms with Crippen LogP contribution in [0.3, 0.4) is 0 Å². The standard InChI is InChI=1S/C26H30O5/c1-18(9-7-10-19(2)17-29-20(3)27)11-8-15-26(4)16-14-22-24(31-26)21-12-5-6-13-23(21)30-25(22)28/h5-6,10-14,16H,7-9,15,17H2,1-4H3/t26-/m1/s1. The van der Waals surface area contributed by atoms with Gasteiger partial charge in [0, 0.05) is 6.92 Å². The molecule has 0 amide bonds. The number of carbonyl (C=O) groups is 1. The second kappa shape index (κ2) is 9.82. The summed E-state index contributed by atoms with van der Waals surface area (Å²) in [6, 6.07) is 7.45. The van der Waals surface area contributed by atoms with Crippen molar-refractivity contribution < 1.29 is 18.7 Å². The maximum atomic E-state index is 12.3. The van der Waals surface area contributed by atoms with Crippen molar-refractivity contribution in [2.24, 2.45) is 0 Å². The molecule has 5 nitrogen and oxygen atoms in total. The van der Waals surface area contributed by atoms with E-state index in [9.17, 15) is 9.59 Å². The minimum atomic E-state index is -0.485. The van der Waals surface area contributed by atoms with Crippen LogP contribution in [0.25, 0.3) is 17.0 Å². The molecule has 0 bridgehead atoms. The normalized spacial score (nSPS) is 18.6. The van der Waals surface area contributed by atoms with Gasteiger partial charge in [-0.2, -0.15) is 0 Å². The zero-order chi connectivity index (χ0) is 22.4. The third-order valence-electron chi connectivity index (χ3n) is 5.40. The van der Waals surface area contributed by atoms with Crippen LogP contribution in [0.4, 0.5) is 0 Å². The van der Waals surface area contributed by atoms with Gasteiger partial charge >= 0.3 is 11.6 Å². The molecule has 1 aliphatic heterocycles. The molecule has 3 rings (SSSR count). The molecule has 0 radical (unpaired) electrons. The monoisotopic (exact) mass is 422 g/mol. The van der Waals surface area contributed by atoms with E-state index in [-0.39, 0.29) is 11.6 Å². The Morgan fingerprint density at radius 1 is 1.10 bits per heavy atom. The van der Waals surface area contributed by atoms with E-state index in [4.69, 9.17) is 13.9 Å². The van der Waals surface area contributed by atoms with Gasteiger partial charge in [-0.3, -0.25) is 4.79 Å². The number of hydrogen-bond acceptors (Lipinski definition) is 5. The summed E-state index contributed by atoms with van der Waals surface area (Å²) < 4.78 is 16.7. The minimum Gasteiger partial charge on any atom is -0.482 e. The van der Waals surface area contributed by atoms with Crippen molar-refractivity contribution in [3.63, 3.8) is 0 Å². The van der Waals surface area contributed by atoms with E-state index < -0.39 is 5.60 Å². The average Bonchev–Trinajstić information content (AvgIpc) is 2.72. The molecular weight excluding hydrogens is 392 g/mol. The fraction of sp³-hybridized carbons (Fsp3) is 0.385. The van der Waals surface area contributed by atoms with Crippen molar-refractivity contribution in [3.05, 3.63) is 69.6 Å². The molecule has 0 aliphatic carbocycles. The quantitative estimate of drug-likeness (QED) is 0.298. The largest absolute Gasteiger partial charge is 0.482 e.